The zero-order chi connectivity index (χ0) is 13.2. The fourth-order valence-corrected chi connectivity index (χ4v) is 2.04. The van der Waals surface area contributed by atoms with Crippen molar-refractivity contribution >= 4 is 0 Å². The largest absolute Gasteiger partial charge is 0.314 e. The zero-order valence-corrected chi connectivity index (χ0v) is 11.2. The van der Waals surface area contributed by atoms with Crippen LogP contribution in [0.1, 0.15) is 57.4 Å². The van der Waals surface area contributed by atoms with Crippen LogP contribution in [0.5, 0.6) is 0 Å². The van der Waals surface area contributed by atoms with Crippen LogP contribution in [-0.4, -0.2) is 4.57 Å². The summed E-state index contributed by atoms with van der Waals surface area (Å²) in [4.78, 5) is 11.7. The molecule has 0 aliphatic heterocycles. The van der Waals surface area contributed by atoms with Gasteiger partial charge in [0.15, 0.2) is 0 Å². The van der Waals surface area contributed by atoms with Gasteiger partial charge in [0.1, 0.15) is 11.6 Å². The average Bonchev–Trinajstić information content (AvgIpc) is 2.39. The van der Waals surface area contributed by atoms with Crippen molar-refractivity contribution in [1.82, 2.24) is 4.57 Å². The van der Waals surface area contributed by atoms with Crippen LogP contribution in [0, 0.1) is 11.3 Å². The maximum absolute atomic E-state index is 11.7. The second kappa shape index (κ2) is 8.52. The highest BCUT2D eigenvalue weighted by atomic mass is 16.1. The summed E-state index contributed by atoms with van der Waals surface area (Å²) in [5.74, 6) is 0. The number of hydrogen-bond donors (Lipinski definition) is 0. The van der Waals surface area contributed by atoms with Crippen molar-refractivity contribution in [2.45, 2.75) is 58.4 Å². The third-order valence-electron chi connectivity index (χ3n) is 3.14. The molecule has 1 aromatic rings. The van der Waals surface area contributed by atoms with E-state index >= 15 is 0 Å². The van der Waals surface area contributed by atoms with Crippen molar-refractivity contribution in [3.05, 3.63) is 34.2 Å². The van der Waals surface area contributed by atoms with E-state index in [1.807, 2.05) is 6.07 Å². The number of rotatable bonds is 8. The number of hydrogen-bond acceptors (Lipinski definition) is 2. The van der Waals surface area contributed by atoms with Crippen LogP contribution < -0.4 is 5.56 Å². The van der Waals surface area contributed by atoms with Gasteiger partial charge in [0.25, 0.3) is 5.56 Å². The van der Waals surface area contributed by atoms with Crippen LogP contribution in [-0.2, 0) is 6.54 Å². The molecule has 98 valence electrons. The second-order valence-corrected chi connectivity index (χ2v) is 4.65. The normalized spacial score (nSPS) is 10.2. The van der Waals surface area contributed by atoms with Crippen LogP contribution in [0.4, 0.5) is 0 Å². The van der Waals surface area contributed by atoms with Gasteiger partial charge < -0.3 is 4.57 Å². The topological polar surface area (TPSA) is 45.8 Å². The lowest BCUT2D eigenvalue weighted by atomic mass is 10.1. The first kappa shape index (κ1) is 14.5. The highest BCUT2D eigenvalue weighted by Gasteiger charge is 2.01. The lowest BCUT2D eigenvalue weighted by Gasteiger charge is -2.05. The third-order valence-corrected chi connectivity index (χ3v) is 3.14. The van der Waals surface area contributed by atoms with Gasteiger partial charge in [-0.2, -0.15) is 5.26 Å². The monoisotopic (exact) mass is 246 g/mol. The van der Waals surface area contributed by atoms with E-state index < -0.39 is 0 Å². The quantitative estimate of drug-likeness (QED) is 0.659. The fraction of sp³-hybridized carbons (Fsp3) is 0.600. The van der Waals surface area contributed by atoms with Gasteiger partial charge in [-0.05, 0) is 18.6 Å². The number of aryl methyl sites for hydroxylation is 1. The molecule has 0 bridgehead atoms. The summed E-state index contributed by atoms with van der Waals surface area (Å²) < 4.78 is 1.64. The molecule has 0 aliphatic carbocycles. The van der Waals surface area contributed by atoms with Crippen molar-refractivity contribution in [1.29, 1.82) is 5.26 Å². The molecule has 0 N–H and O–H groups in total. The predicted octanol–water partition coefficient (Wildman–Crippen LogP) is 3.47. The van der Waals surface area contributed by atoms with Gasteiger partial charge in [-0.15, -0.1) is 0 Å². The fourth-order valence-electron chi connectivity index (χ4n) is 2.04. The molecule has 18 heavy (non-hydrogen) atoms. The maximum atomic E-state index is 11.7. The van der Waals surface area contributed by atoms with Gasteiger partial charge in [-0.3, -0.25) is 4.79 Å². The Morgan fingerprint density at radius 1 is 1.17 bits per heavy atom. The first-order valence-electron chi connectivity index (χ1n) is 6.89. The van der Waals surface area contributed by atoms with Crippen molar-refractivity contribution in [3.8, 4) is 6.07 Å². The summed E-state index contributed by atoms with van der Waals surface area (Å²) >= 11 is 0. The average molecular weight is 246 g/mol. The minimum atomic E-state index is -0.161. The number of nitrogens with zero attached hydrogens (tertiary/aromatic N) is 2. The molecule has 0 saturated carbocycles. The Kier molecular flexibility index (Phi) is 6.86. The Morgan fingerprint density at radius 2 is 1.83 bits per heavy atom. The van der Waals surface area contributed by atoms with E-state index in [0.717, 1.165) is 19.4 Å². The van der Waals surface area contributed by atoms with E-state index in [1.165, 1.54) is 32.1 Å². The van der Waals surface area contributed by atoms with Gasteiger partial charge in [-0.1, -0.05) is 45.4 Å². The van der Waals surface area contributed by atoms with Crippen molar-refractivity contribution in [2.75, 3.05) is 0 Å². The van der Waals surface area contributed by atoms with E-state index in [9.17, 15) is 4.79 Å². The molecule has 3 heteroatoms. The number of nitriles is 1. The standard InChI is InChI=1S/C15H22N2O/c1-2-3-4-5-6-7-8-11-17-12-9-10-14(13-16)15(17)18/h9-10,12H,2-8,11H2,1H3. The predicted molar refractivity (Wildman–Crippen MR) is 73.4 cm³/mol. The van der Waals surface area contributed by atoms with Crippen LogP contribution in [0.15, 0.2) is 23.1 Å². The summed E-state index contributed by atoms with van der Waals surface area (Å²) in [6.45, 7) is 2.94. The molecular weight excluding hydrogens is 224 g/mol. The molecule has 1 heterocycles. The van der Waals surface area contributed by atoms with Gasteiger partial charge in [0.2, 0.25) is 0 Å². The van der Waals surface area contributed by atoms with E-state index in [0.29, 0.717) is 0 Å². The van der Waals surface area contributed by atoms with Crippen LogP contribution >= 0.6 is 0 Å². The van der Waals surface area contributed by atoms with Crippen molar-refractivity contribution in [2.24, 2.45) is 0 Å². The summed E-state index contributed by atoms with van der Waals surface area (Å²) in [6.07, 6.45) is 10.4. The summed E-state index contributed by atoms with van der Waals surface area (Å²) in [7, 11) is 0. The molecule has 3 nitrogen and oxygen atoms in total. The van der Waals surface area contributed by atoms with E-state index in [1.54, 1.807) is 22.9 Å². The molecule has 0 aliphatic rings. The van der Waals surface area contributed by atoms with Crippen molar-refractivity contribution in [3.63, 3.8) is 0 Å². The number of unbranched alkanes of at least 4 members (excludes halogenated alkanes) is 6. The van der Waals surface area contributed by atoms with Gasteiger partial charge in [0.05, 0.1) is 0 Å². The number of aromatic nitrogens is 1. The molecule has 0 fully saturated rings. The molecule has 0 amide bonds. The lowest BCUT2D eigenvalue weighted by Crippen LogP contribution is -2.21. The van der Waals surface area contributed by atoms with Crippen molar-refractivity contribution < 1.29 is 0 Å². The molecule has 0 atom stereocenters. The SMILES string of the molecule is CCCCCCCCCn1cccc(C#N)c1=O. The molecule has 0 saturated heterocycles. The minimum Gasteiger partial charge on any atom is -0.314 e. The van der Waals surface area contributed by atoms with Crippen LogP contribution in [0.25, 0.3) is 0 Å². The zero-order valence-electron chi connectivity index (χ0n) is 11.2. The highest BCUT2D eigenvalue weighted by Crippen LogP contribution is 2.07. The third kappa shape index (κ3) is 4.75. The Hall–Kier alpha value is -1.56. The maximum Gasteiger partial charge on any atom is 0.268 e. The van der Waals surface area contributed by atoms with Gasteiger partial charge >= 0.3 is 0 Å². The molecule has 1 aromatic heterocycles. The molecule has 0 unspecified atom stereocenters. The van der Waals surface area contributed by atoms with Gasteiger partial charge in [-0.25, -0.2) is 0 Å². The molecule has 0 spiro atoms. The summed E-state index contributed by atoms with van der Waals surface area (Å²) in [5.41, 5.74) is 0.0754. The Balaban J connectivity index is 2.28. The second-order valence-electron chi connectivity index (χ2n) is 4.65. The highest BCUT2D eigenvalue weighted by molar-refractivity contribution is 5.24. The van der Waals surface area contributed by atoms with E-state index in [2.05, 4.69) is 6.92 Å². The van der Waals surface area contributed by atoms with E-state index in [-0.39, 0.29) is 11.1 Å². The minimum absolute atomic E-state index is 0.161. The van der Waals surface area contributed by atoms with Crippen LogP contribution in [0.3, 0.4) is 0 Å². The summed E-state index contributed by atoms with van der Waals surface area (Å²) in [5, 5.41) is 8.77. The Labute approximate surface area is 109 Å². The smallest absolute Gasteiger partial charge is 0.268 e. The number of pyridine rings is 1. The van der Waals surface area contributed by atoms with E-state index in [4.69, 9.17) is 5.26 Å². The lowest BCUT2D eigenvalue weighted by molar-refractivity contribution is 0.542. The van der Waals surface area contributed by atoms with Gasteiger partial charge in [0, 0.05) is 12.7 Å². The Morgan fingerprint density at radius 3 is 2.50 bits per heavy atom. The molecule has 0 aromatic carbocycles. The molecule has 1 rings (SSSR count). The molecule has 0 radical (unpaired) electrons. The molecular formula is C15H22N2O. The summed E-state index contributed by atoms with van der Waals surface area (Å²) in [6, 6.07) is 5.27. The first-order valence-corrected chi connectivity index (χ1v) is 6.89. The van der Waals surface area contributed by atoms with Crippen LogP contribution in [0.2, 0.25) is 0 Å². The first-order chi connectivity index (χ1) is 8.79. The Bertz CT molecular complexity index is 443.